The molecule has 0 spiro atoms. The van der Waals surface area contributed by atoms with Crippen LogP contribution in [0.15, 0.2) is 78.1 Å². The van der Waals surface area contributed by atoms with Gasteiger partial charge in [0, 0.05) is 12.1 Å². The first kappa shape index (κ1) is 22.5. The molecule has 0 atom stereocenters. The molecule has 0 unspecified atom stereocenters. The first-order valence-corrected chi connectivity index (χ1v) is 13.1. The molecular weight excluding hydrogens is 474 g/mol. The van der Waals surface area contributed by atoms with E-state index in [9.17, 15) is 8.42 Å². The number of ether oxygens (including phenoxy) is 1. The van der Waals surface area contributed by atoms with E-state index in [-0.39, 0.29) is 16.9 Å². The molecule has 1 fully saturated rings. The molecule has 0 radical (unpaired) electrons. The van der Waals surface area contributed by atoms with Crippen molar-refractivity contribution in [3.63, 3.8) is 0 Å². The predicted molar refractivity (Wildman–Crippen MR) is 134 cm³/mol. The molecule has 3 heterocycles. The SMILES string of the molecule is Cc1ccc(S(=O)(=O)n2ccc3c2ncc2cnc([C@H]4C[C@@H](OCc5ccc(C#N)cc5)C4)n23)cc1. The summed E-state index contributed by atoms with van der Waals surface area (Å²) in [5, 5.41) is 8.93. The molecule has 1 saturated carbocycles. The maximum atomic E-state index is 13.3. The van der Waals surface area contributed by atoms with Gasteiger partial charge in [0.25, 0.3) is 10.0 Å². The quantitative estimate of drug-likeness (QED) is 0.341. The second-order valence-corrected chi connectivity index (χ2v) is 11.0. The molecule has 180 valence electrons. The minimum Gasteiger partial charge on any atom is -0.373 e. The minimum atomic E-state index is -3.78. The maximum Gasteiger partial charge on any atom is 0.269 e. The molecule has 1 aliphatic carbocycles. The average molecular weight is 498 g/mol. The van der Waals surface area contributed by atoms with Crippen molar-refractivity contribution in [3.8, 4) is 6.07 Å². The van der Waals surface area contributed by atoms with Gasteiger partial charge in [-0.05, 0) is 55.7 Å². The van der Waals surface area contributed by atoms with Gasteiger partial charge in [-0.2, -0.15) is 5.26 Å². The number of rotatable bonds is 6. The lowest BCUT2D eigenvalue weighted by atomic mass is 9.81. The van der Waals surface area contributed by atoms with Gasteiger partial charge in [-0.25, -0.2) is 22.4 Å². The van der Waals surface area contributed by atoms with Crippen LogP contribution in [0.4, 0.5) is 0 Å². The van der Waals surface area contributed by atoms with E-state index in [2.05, 4.69) is 16.0 Å². The van der Waals surface area contributed by atoms with Crippen LogP contribution in [0.5, 0.6) is 0 Å². The lowest BCUT2D eigenvalue weighted by Gasteiger charge is -2.34. The van der Waals surface area contributed by atoms with E-state index in [1.807, 2.05) is 23.5 Å². The van der Waals surface area contributed by atoms with Crippen molar-refractivity contribution in [2.75, 3.05) is 0 Å². The fourth-order valence-corrected chi connectivity index (χ4v) is 5.96. The molecule has 0 saturated heterocycles. The Morgan fingerprint density at radius 3 is 2.47 bits per heavy atom. The van der Waals surface area contributed by atoms with E-state index >= 15 is 0 Å². The Bertz CT molecular complexity index is 1720. The molecule has 9 heteroatoms. The van der Waals surface area contributed by atoms with Gasteiger partial charge in [0.1, 0.15) is 5.82 Å². The lowest BCUT2D eigenvalue weighted by Crippen LogP contribution is -2.31. The molecule has 1 aliphatic rings. The molecule has 0 bridgehead atoms. The maximum absolute atomic E-state index is 13.3. The van der Waals surface area contributed by atoms with E-state index in [0.29, 0.717) is 23.3 Å². The second-order valence-electron chi connectivity index (χ2n) is 9.18. The highest BCUT2D eigenvalue weighted by molar-refractivity contribution is 7.90. The summed E-state index contributed by atoms with van der Waals surface area (Å²) in [5.41, 5.74) is 4.56. The van der Waals surface area contributed by atoms with E-state index in [4.69, 9.17) is 10.00 Å². The van der Waals surface area contributed by atoms with Gasteiger partial charge < -0.3 is 4.74 Å². The van der Waals surface area contributed by atoms with Crippen LogP contribution in [0.2, 0.25) is 0 Å². The number of fused-ring (bicyclic) bond motifs is 3. The number of nitrogens with zero attached hydrogens (tertiary/aromatic N) is 5. The van der Waals surface area contributed by atoms with Crippen LogP contribution in [0.1, 0.15) is 41.3 Å². The molecule has 0 N–H and O–H groups in total. The van der Waals surface area contributed by atoms with Crippen LogP contribution < -0.4 is 0 Å². The molecule has 8 nitrogen and oxygen atoms in total. The smallest absolute Gasteiger partial charge is 0.269 e. The molecular formula is C27H23N5O3S. The van der Waals surface area contributed by atoms with E-state index < -0.39 is 10.0 Å². The van der Waals surface area contributed by atoms with Crippen molar-refractivity contribution in [3.05, 3.63) is 95.7 Å². The fraction of sp³-hybridized carbons (Fsp3) is 0.222. The number of hydrogen-bond donors (Lipinski definition) is 0. The van der Waals surface area contributed by atoms with Crippen LogP contribution in [0.25, 0.3) is 16.7 Å². The summed E-state index contributed by atoms with van der Waals surface area (Å²) in [4.78, 5) is 9.34. The molecule has 5 aromatic rings. The highest BCUT2D eigenvalue weighted by Gasteiger charge is 2.34. The standard InChI is InChI=1S/C27H23N5O3S/c1-18-2-8-24(9-3-18)36(33,34)31-11-10-25-27(31)30-16-22-15-29-26(32(22)25)21-12-23(13-21)35-17-20-6-4-19(14-28)5-7-20/h2-11,15-16,21,23H,12-13,17H2,1H3/t21-,23+. The number of hydrogen-bond acceptors (Lipinski definition) is 6. The number of aryl methyl sites for hydroxylation is 1. The van der Waals surface area contributed by atoms with Gasteiger partial charge >= 0.3 is 0 Å². The lowest BCUT2D eigenvalue weighted by molar-refractivity contribution is -0.0223. The van der Waals surface area contributed by atoms with Crippen molar-refractivity contribution in [2.45, 2.75) is 43.3 Å². The Hall–Kier alpha value is -4.00. The number of aromatic nitrogens is 4. The highest BCUT2D eigenvalue weighted by atomic mass is 32.2. The number of benzene rings is 2. The first-order valence-electron chi connectivity index (χ1n) is 11.7. The summed E-state index contributed by atoms with van der Waals surface area (Å²) in [6.07, 6.45) is 6.79. The van der Waals surface area contributed by atoms with Gasteiger partial charge in [-0.15, -0.1) is 0 Å². The van der Waals surface area contributed by atoms with Crippen molar-refractivity contribution < 1.29 is 13.2 Å². The molecule has 0 aliphatic heterocycles. The number of imidazole rings is 1. The van der Waals surface area contributed by atoms with Crippen molar-refractivity contribution in [2.24, 2.45) is 0 Å². The minimum absolute atomic E-state index is 0.127. The van der Waals surface area contributed by atoms with E-state index in [0.717, 1.165) is 35.3 Å². The van der Waals surface area contributed by atoms with Gasteiger partial charge in [0.2, 0.25) is 0 Å². The third kappa shape index (κ3) is 3.75. The first-order chi connectivity index (χ1) is 17.4. The van der Waals surface area contributed by atoms with Crippen molar-refractivity contribution >= 4 is 26.7 Å². The van der Waals surface area contributed by atoms with Gasteiger partial charge in [0.05, 0.1) is 52.7 Å². The zero-order chi connectivity index (χ0) is 24.9. The molecule has 36 heavy (non-hydrogen) atoms. The largest absolute Gasteiger partial charge is 0.373 e. The number of nitriles is 1. The van der Waals surface area contributed by atoms with Crippen molar-refractivity contribution in [1.82, 2.24) is 18.3 Å². The predicted octanol–water partition coefficient (Wildman–Crippen LogP) is 4.56. The Morgan fingerprint density at radius 1 is 1.03 bits per heavy atom. The molecule has 3 aromatic heterocycles. The molecule has 2 aromatic carbocycles. The third-order valence-electron chi connectivity index (χ3n) is 6.79. The third-order valence-corrected chi connectivity index (χ3v) is 8.47. The van der Waals surface area contributed by atoms with Gasteiger partial charge in [-0.3, -0.25) is 4.40 Å². The summed E-state index contributed by atoms with van der Waals surface area (Å²) >= 11 is 0. The topological polar surface area (TPSA) is 102 Å². The summed E-state index contributed by atoms with van der Waals surface area (Å²) < 4.78 is 35.9. The Kier molecular flexibility index (Phi) is 5.36. The molecule has 0 amide bonds. The Balaban J connectivity index is 1.24. The van der Waals surface area contributed by atoms with Crippen molar-refractivity contribution in [1.29, 1.82) is 5.26 Å². The van der Waals surface area contributed by atoms with Crippen LogP contribution in [-0.4, -0.2) is 32.9 Å². The second kappa shape index (κ2) is 8.59. The summed E-state index contributed by atoms with van der Waals surface area (Å²) in [7, 11) is -3.78. The van der Waals surface area contributed by atoms with Crippen LogP contribution in [-0.2, 0) is 21.4 Å². The van der Waals surface area contributed by atoms with Gasteiger partial charge in [-0.1, -0.05) is 29.8 Å². The van der Waals surface area contributed by atoms with Crippen LogP contribution in [0, 0.1) is 18.3 Å². The summed E-state index contributed by atoms with van der Waals surface area (Å²) in [6, 6.07) is 18.1. The molecule has 6 rings (SSSR count). The Morgan fingerprint density at radius 2 is 1.75 bits per heavy atom. The summed E-state index contributed by atoms with van der Waals surface area (Å²) in [6.45, 7) is 2.42. The van der Waals surface area contributed by atoms with E-state index in [1.54, 1.807) is 61.1 Å². The Labute approximate surface area is 208 Å². The summed E-state index contributed by atoms with van der Waals surface area (Å²) in [5.74, 6) is 1.10. The fourth-order valence-electron chi connectivity index (χ4n) is 4.66. The van der Waals surface area contributed by atoms with Crippen LogP contribution in [0.3, 0.4) is 0 Å². The highest BCUT2D eigenvalue weighted by Crippen LogP contribution is 2.39. The zero-order valence-corrected chi connectivity index (χ0v) is 20.4. The monoisotopic (exact) mass is 497 g/mol. The van der Waals surface area contributed by atoms with Crippen LogP contribution >= 0.6 is 0 Å². The van der Waals surface area contributed by atoms with E-state index in [1.165, 1.54) is 3.97 Å². The normalized spacial score (nSPS) is 17.8. The average Bonchev–Trinajstić information content (AvgIpc) is 3.48. The van der Waals surface area contributed by atoms with Gasteiger partial charge in [0.15, 0.2) is 5.65 Å². The zero-order valence-electron chi connectivity index (χ0n) is 19.6.